The molecule has 3 N–H and O–H groups in total. The van der Waals surface area contributed by atoms with Crippen LogP contribution in [0.1, 0.15) is 12.8 Å². The summed E-state index contributed by atoms with van der Waals surface area (Å²) in [6.07, 6.45) is 1.10. The van der Waals surface area contributed by atoms with E-state index in [1.807, 2.05) is 0 Å². The van der Waals surface area contributed by atoms with E-state index in [2.05, 4.69) is 5.32 Å². The molecule has 1 fully saturated rings. The van der Waals surface area contributed by atoms with E-state index in [9.17, 15) is 23.3 Å². The number of amides is 1. The predicted molar refractivity (Wildman–Crippen MR) is 93.2 cm³/mol. The van der Waals surface area contributed by atoms with E-state index < -0.39 is 26.6 Å². The highest BCUT2D eigenvalue weighted by molar-refractivity contribution is 7.89. The number of hydrogen-bond acceptors (Lipinski definition) is 7. The van der Waals surface area contributed by atoms with Gasteiger partial charge in [-0.05, 0) is 25.0 Å². The fourth-order valence-corrected chi connectivity index (χ4v) is 4.38. The van der Waals surface area contributed by atoms with Gasteiger partial charge in [0.2, 0.25) is 15.9 Å². The fraction of sp³-hybridized carbons (Fsp3) is 0.533. The Balaban J connectivity index is 2.25. The maximum absolute atomic E-state index is 12.9. The van der Waals surface area contributed by atoms with Gasteiger partial charge >= 0.3 is 5.69 Å². The van der Waals surface area contributed by atoms with E-state index in [-0.39, 0.29) is 29.6 Å². The Kier molecular flexibility index (Phi) is 6.51. The van der Waals surface area contributed by atoms with Crippen molar-refractivity contribution < 1.29 is 22.9 Å². The van der Waals surface area contributed by atoms with Crippen LogP contribution in [-0.4, -0.2) is 56.8 Å². The van der Waals surface area contributed by atoms with Crippen LogP contribution in [0, 0.1) is 16.0 Å². The first-order valence-electron chi connectivity index (χ1n) is 8.11. The Morgan fingerprint density at radius 1 is 1.50 bits per heavy atom. The maximum Gasteiger partial charge on any atom is 0.312 e. The number of sulfonamides is 1. The van der Waals surface area contributed by atoms with Crippen molar-refractivity contribution in [3.63, 3.8) is 0 Å². The van der Waals surface area contributed by atoms with Gasteiger partial charge in [-0.25, -0.2) is 8.42 Å². The van der Waals surface area contributed by atoms with Crippen molar-refractivity contribution in [2.75, 3.05) is 33.3 Å². The molecule has 0 aromatic heterocycles. The van der Waals surface area contributed by atoms with Crippen LogP contribution >= 0.6 is 0 Å². The molecule has 0 radical (unpaired) electrons. The van der Waals surface area contributed by atoms with E-state index in [0.717, 1.165) is 6.07 Å². The average molecular weight is 386 g/mol. The summed E-state index contributed by atoms with van der Waals surface area (Å²) < 4.78 is 31.8. The van der Waals surface area contributed by atoms with Crippen LogP contribution in [0.2, 0.25) is 0 Å². The second-order valence-electron chi connectivity index (χ2n) is 5.87. The van der Waals surface area contributed by atoms with Gasteiger partial charge in [0.1, 0.15) is 0 Å². The Morgan fingerprint density at radius 2 is 2.23 bits per heavy atom. The molecule has 1 amide bonds. The molecule has 26 heavy (non-hydrogen) atoms. The lowest BCUT2D eigenvalue weighted by atomic mass is 9.99. The molecule has 1 unspecified atom stereocenters. The second-order valence-corrected chi connectivity index (χ2v) is 7.81. The van der Waals surface area contributed by atoms with Gasteiger partial charge in [-0.1, -0.05) is 0 Å². The molecule has 144 valence electrons. The number of nitrogens with one attached hydrogen (secondary N) is 1. The number of carbonyl (C=O) groups is 1. The summed E-state index contributed by atoms with van der Waals surface area (Å²) in [6, 6.07) is 3.49. The van der Waals surface area contributed by atoms with Gasteiger partial charge in [0, 0.05) is 32.2 Å². The van der Waals surface area contributed by atoms with Gasteiger partial charge < -0.3 is 15.8 Å². The highest BCUT2D eigenvalue weighted by atomic mass is 32.2. The van der Waals surface area contributed by atoms with Gasteiger partial charge in [0.25, 0.3) is 0 Å². The molecule has 0 spiro atoms. The lowest BCUT2D eigenvalue weighted by Crippen LogP contribution is -2.46. The third-order valence-corrected chi connectivity index (χ3v) is 6.04. The quantitative estimate of drug-likeness (QED) is 0.498. The number of piperidine rings is 1. The monoisotopic (exact) mass is 386 g/mol. The summed E-state index contributed by atoms with van der Waals surface area (Å²) in [5.41, 5.74) is 4.93. The summed E-state index contributed by atoms with van der Waals surface area (Å²) in [4.78, 5) is 22.3. The number of methoxy groups -OCH3 is 1. The largest absolute Gasteiger partial charge is 0.490 e. The first-order chi connectivity index (χ1) is 12.3. The summed E-state index contributed by atoms with van der Waals surface area (Å²) in [7, 11) is -2.69. The fourth-order valence-electron chi connectivity index (χ4n) is 2.84. The standard InChI is InChI=1S/C15H22N4O6S/c1-25-14-5-4-12(9-13(14)19(21)22)26(23,24)18-8-2-3-11(10-18)15(20)17-7-6-16/h4-5,9,11H,2-3,6-8,10,16H2,1H3,(H,17,20). The van der Waals surface area contributed by atoms with Gasteiger partial charge in [-0.3, -0.25) is 14.9 Å². The number of hydrogen-bond donors (Lipinski definition) is 2. The van der Waals surface area contributed by atoms with Gasteiger partial charge in [-0.15, -0.1) is 0 Å². The van der Waals surface area contributed by atoms with E-state index in [1.165, 1.54) is 23.5 Å². The molecule has 11 heteroatoms. The topological polar surface area (TPSA) is 145 Å². The van der Waals surface area contributed by atoms with Crippen LogP contribution in [0.4, 0.5) is 5.69 Å². The van der Waals surface area contributed by atoms with Crippen molar-refractivity contribution in [2.45, 2.75) is 17.7 Å². The molecule has 1 heterocycles. The number of benzene rings is 1. The van der Waals surface area contributed by atoms with E-state index in [4.69, 9.17) is 10.5 Å². The molecular formula is C15H22N4O6S. The second kappa shape index (κ2) is 8.43. The zero-order chi connectivity index (χ0) is 19.3. The molecule has 1 atom stereocenters. The van der Waals surface area contributed by atoms with Crippen molar-refractivity contribution >= 4 is 21.6 Å². The van der Waals surface area contributed by atoms with Crippen molar-refractivity contribution in [3.05, 3.63) is 28.3 Å². The molecule has 1 aromatic carbocycles. The Bertz CT molecular complexity index is 782. The summed E-state index contributed by atoms with van der Waals surface area (Å²) in [5.74, 6) is -0.735. The smallest absolute Gasteiger partial charge is 0.312 e. The molecule has 2 rings (SSSR count). The molecule has 1 aliphatic rings. The molecule has 1 saturated heterocycles. The van der Waals surface area contributed by atoms with Crippen molar-refractivity contribution in [1.29, 1.82) is 0 Å². The molecule has 0 saturated carbocycles. The van der Waals surface area contributed by atoms with Gasteiger partial charge in [0.15, 0.2) is 5.75 Å². The Labute approximate surface area is 151 Å². The summed E-state index contributed by atoms with van der Waals surface area (Å²) >= 11 is 0. The van der Waals surface area contributed by atoms with Crippen LogP contribution in [0.3, 0.4) is 0 Å². The maximum atomic E-state index is 12.9. The molecule has 10 nitrogen and oxygen atoms in total. The first-order valence-corrected chi connectivity index (χ1v) is 9.55. The first kappa shape index (κ1) is 20.1. The number of nitrogens with two attached hydrogens (primary N) is 1. The van der Waals surface area contributed by atoms with Gasteiger partial charge in [0.05, 0.1) is 22.8 Å². The number of nitro groups is 1. The third-order valence-electron chi connectivity index (χ3n) is 4.18. The number of nitro benzene ring substituents is 1. The Hall–Kier alpha value is -2.24. The molecule has 0 aliphatic carbocycles. The summed E-state index contributed by atoms with van der Waals surface area (Å²) in [5, 5.41) is 13.8. The number of carbonyl (C=O) groups excluding carboxylic acids is 1. The van der Waals surface area contributed by atoms with Crippen molar-refractivity contribution in [2.24, 2.45) is 11.7 Å². The summed E-state index contributed by atoms with van der Waals surface area (Å²) in [6.45, 7) is 0.907. The van der Waals surface area contributed by atoms with Crippen molar-refractivity contribution in [3.8, 4) is 5.75 Å². The van der Waals surface area contributed by atoms with Crippen LogP contribution in [0.25, 0.3) is 0 Å². The zero-order valence-electron chi connectivity index (χ0n) is 14.4. The number of rotatable bonds is 7. The highest BCUT2D eigenvalue weighted by Crippen LogP contribution is 2.31. The average Bonchev–Trinajstić information content (AvgIpc) is 2.65. The predicted octanol–water partition coefficient (Wildman–Crippen LogP) is 0.0790. The zero-order valence-corrected chi connectivity index (χ0v) is 15.2. The lowest BCUT2D eigenvalue weighted by molar-refractivity contribution is -0.386. The number of nitrogens with zero attached hydrogens (tertiary/aromatic N) is 2. The molecule has 1 aliphatic heterocycles. The Morgan fingerprint density at radius 3 is 2.85 bits per heavy atom. The molecule has 0 bridgehead atoms. The van der Waals surface area contributed by atoms with Crippen molar-refractivity contribution in [1.82, 2.24) is 9.62 Å². The minimum Gasteiger partial charge on any atom is -0.490 e. The van der Waals surface area contributed by atoms with Crippen LogP contribution in [0.15, 0.2) is 23.1 Å². The van der Waals surface area contributed by atoms with Gasteiger partial charge in [-0.2, -0.15) is 4.31 Å². The molecule has 1 aromatic rings. The normalized spacial score (nSPS) is 18.3. The minimum atomic E-state index is -3.96. The number of ether oxygens (including phenoxy) is 1. The van der Waals surface area contributed by atoms with Crippen LogP contribution in [0.5, 0.6) is 5.75 Å². The van der Waals surface area contributed by atoms with E-state index >= 15 is 0 Å². The van der Waals surface area contributed by atoms with Crippen LogP contribution in [-0.2, 0) is 14.8 Å². The third kappa shape index (κ3) is 4.29. The molecular weight excluding hydrogens is 364 g/mol. The highest BCUT2D eigenvalue weighted by Gasteiger charge is 2.34. The SMILES string of the molecule is COc1ccc(S(=O)(=O)N2CCCC(C(=O)NCCN)C2)cc1[N+](=O)[O-]. The van der Waals surface area contributed by atoms with Crippen LogP contribution < -0.4 is 15.8 Å². The minimum absolute atomic E-state index is 0.0216. The van der Waals surface area contributed by atoms with E-state index in [1.54, 1.807) is 0 Å². The van der Waals surface area contributed by atoms with E-state index in [0.29, 0.717) is 25.9 Å². The lowest BCUT2D eigenvalue weighted by Gasteiger charge is -2.31.